The van der Waals surface area contributed by atoms with Crippen molar-refractivity contribution in [3.05, 3.63) is 71.5 Å². The first kappa shape index (κ1) is 18.9. The third-order valence-corrected chi connectivity index (χ3v) is 5.31. The first-order valence-electron chi connectivity index (χ1n) is 9.64. The first-order chi connectivity index (χ1) is 14.6. The van der Waals surface area contributed by atoms with Crippen LogP contribution in [0.1, 0.15) is 24.1 Å². The number of furan rings is 1. The van der Waals surface area contributed by atoms with Gasteiger partial charge >= 0.3 is 0 Å². The molecule has 4 aromatic rings. The van der Waals surface area contributed by atoms with Crippen LogP contribution in [-0.2, 0) is 6.54 Å². The summed E-state index contributed by atoms with van der Waals surface area (Å²) in [6.07, 6.45) is -0.0399. The lowest BCUT2D eigenvalue weighted by atomic mass is 10.2. The van der Waals surface area contributed by atoms with Crippen molar-refractivity contribution in [1.82, 2.24) is 15.0 Å². The van der Waals surface area contributed by atoms with E-state index in [1.54, 1.807) is 12.1 Å². The maximum absolute atomic E-state index is 11.2. The standard InChI is InChI=1S/C21H20N4O5/c26-16-10-18(24(11-16)12-17-9-13-4-1-2-7-19(13)29-17)21-22-20(23-30-21)14-5-3-6-15(8-14)25(27)28/h1-9,16,18,25-27H,10-12H2/t16-,18+/m1/s1. The predicted octanol–water partition coefficient (Wildman–Crippen LogP) is 2.19. The number of nitrogens with zero attached hydrogens (tertiary/aromatic N) is 3. The van der Waals surface area contributed by atoms with Gasteiger partial charge in [0.15, 0.2) is 5.69 Å². The van der Waals surface area contributed by atoms with Gasteiger partial charge in [-0.3, -0.25) is 4.90 Å². The zero-order valence-electron chi connectivity index (χ0n) is 15.9. The summed E-state index contributed by atoms with van der Waals surface area (Å²) in [5, 5.41) is 34.7. The Kier molecular flexibility index (Phi) is 4.81. The number of aromatic nitrogens is 2. The fourth-order valence-electron chi connectivity index (χ4n) is 3.91. The summed E-state index contributed by atoms with van der Waals surface area (Å²) in [7, 11) is 0. The molecule has 9 heteroatoms. The van der Waals surface area contributed by atoms with E-state index in [0.717, 1.165) is 16.7 Å². The molecule has 154 valence electrons. The summed E-state index contributed by atoms with van der Waals surface area (Å²) < 4.78 is 11.4. The van der Waals surface area contributed by atoms with E-state index < -0.39 is 11.3 Å². The first-order valence-corrected chi connectivity index (χ1v) is 9.64. The highest BCUT2D eigenvalue weighted by molar-refractivity contribution is 5.77. The number of benzene rings is 2. The highest BCUT2D eigenvalue weighted by Crippen LogP contribution is 2.34. The van der Waals surface area contributed by atoms with E-state index in [-0.39, 0.29) is 11.7 Å². The Hall–Kier alpha value is -3.08. The Morgan fingerprint density at radius 2 is 2.03 bits per heavy atom. The van der Waals surface area contributed by atoms with E-state index in [0.29, 0.717) is 36.8 Å². The highest BCUT2D eigenvalue weighted by atomic mass is 16.8. The van der Waals surface area contributed by atoms with Gasteiger partial charge < -0.3 is 19.3 Å². The molecule has 0 spiro atoms. The van der Waals surface area contributed by atoms with Crippen LogP contribution in [0.4, 0.5) is 5.69 Å². The topological polar surface area (TPSA) is 123 Å². The van der Waals surface area contributed by atoms with Crippen molar-refractivity contribution < 1.29 is 24.5 Å². The minimum Gasteiger partial charge on any atom is -0.595 e. The van der Waals surface area contributed by atoms with Crippen LogP contribution in [0.15, 0.2) is 63.5 Å². The smallest absolute Gasteiger partial charge is 0.244 e. The number of likely N-dealkylation sites (tertiary alicyclic amines) is 1. The molecular weight excluding hydrogens is 388 g/mol. The number of β-amino-alcohol motifs (C(OH)–C–C–N with tert-alkyl or cyclic N) is 1. The van der Waals surface area contributed by atoms with E-state index in [1.807, 2.05) is 35.2 Å². The molecule has 2 aromatic carbocycles. The monoisotopic (exact) mass is 408 g/mol. The van der Waals surface area contributed by atoms with Crippen LogP contribution in [0.2, 0.25) is 0 Å². The van der Waals surface area contributed by atoms with E-state index >= 15 is 0 Å². The van der Waals surface area contributed by atoms with Crippen LogP contribution < -0.4 is 5.23 Å². The van der Waals surface area contributed by atoms with Crippen molar-refractivity contribution in [1.29, 1.82) is 0 Å². The van der Waals surface area contributed by atoms with Gasteiger partial charge in [0.2, 0.25) is 11.7 Å². The normalized spacial score (nSPS) is 20.8. The molecular formula is C21H20N4O5. The molecule has 0 bridgehead atoms. The van der Waals surface area contributed by atoms with Crippen LogP contribution in [-0.4, -0.2) is 38.0 Å². The molecule has 1 unspecified atom stereocenters. The zero-order valence-corrected chi connectivity index (χ0v) is 15.9. The third kappa shape index (κ3) is 3.60. The molecule has 3 atom stereocenters. The van der Waals surface area contributed by atoms with Gasteiger partial charge in [-0.05, 0) is 18.6 Å². The average molecular weight is 408 g/mol. The predicted molar refractivity (Wildman–Crippen MR) is 105 cm³/mol. The van der Waals surface area contributed by atoms with E-state index in [4.69, 9.17) is 8.94 Å². The van der Waals surface area contributed by atoms with Gasteiger partial charge in [0.25, 0.3) is 0 Å². The number of nitrogens with one attached hydrogen (secondary N) is 1. The fraction of sp³-hybridized carbons (Fsp3) is 0.238. The molecule has 3 heterocycles. The van der Waals surface area contributed by atoms with Crippen molar-refractivity contribution in [2.75, 3.05) is 6.54 Å². The van der Waals surface area contributed by atoms with Crippen LogP contribution in [0.3, 0.4) is 0 Å². The van der Waals surface area contributed by atoms with E-state index in [1.165, 1.54) is 12.1 Å². The Balaban J connectivity index is 1.39. The van der Waals surface area contributed by atoms with Crippen LogP contribution >= 0.6 is 0 Å². The van der Waals surface area contributed by atoms with Gasteiger partial charge in [0.05, 0.1) is 18.7 Å². The van der Waals surface area contributed by atoms with Gasteiger partial charge in [-0.2, -0.15) is 10.2 Å². The Morgan fingerprint density at radius 3 is 2.87 bits per heavy atom. The molecule has 1 aliphatic heterocycles. The number of fused-ring (bicyclic) bond motifs is 1. The molecule has 3 N–H and O–H groups in total. The zero-order chi connectivity index (χ0) is 20.7. The maximum atomic E-state index is 11.2. The van der Waals surface area contributed by atoms with Crippen molar-refractivity contribution in [2.24, 2.45) is 0 Å². The summed E-state index contributed by atoms with van der Waals surface area (Å²) in [4.78, 5) is 6.53. The quantitative estimate of drug-likeness (QED) is 0.430. The van der Waals surface area contributed by atoms with Crippen LogP contribution in [0.25, 0.3) is 22.4 Å². The van der Waals surface area contributed by atoms with Gasteiger partial charge in [0.1, 0.15) is 11.3 Å². The lowest BCUT2D eigenvalue weighted by Crippen LogP contribution is -2.99. The maximum Gasteiger partial charge on any atom is 0.244 e. The highest BCUT2D eigenvalue weighted by Gasteiger charge is 2.36. The summed E-state index contributed by atoms with van der Waals surface area (Å²) in [5.74, 6) is 1.50. The summed E-state index contributed by atoms with van der Waals surface area (Å²) >= 11 is 0. The molecule has 1 saturated heterocycles. The average Bonchev–Trinajstić information content (AvgIpc) is 3.46. The lowest BCUT2D eigenvalue weighted by Gasteiger charge is -2.19. The molecule has 30 heavy (non-hydrogen) atoms. The molecule has 9 nitrogen and oxygen atoms in total. The molecule has 0 radical (unpaired) electrons. The second kappa shape index (κ2) is 7.63. The second-order valence-electron chi connectivity index (χ2n) is 7.43. The Morgan fingerprint density at radius 1 is 1.17 bits per heavy atom. The number of quaternary nitrogens is 1. The summed E-state index contributed by atoms with van der Waals surface area (Å²) in [5.41, 5.74) is 1.54. The van der Waals surface area contributed by atoms with Gasteiger partial charge in [-0.15, -0.1) is 0 Å². The van der Waals surface area contributed by atoms with E-state index in [2.05, 4.69) is 10.1 Å². The number of para-hydroxylation sites is 1. The van der Waals surface area contributed by atoms with Crippen molar-refractivity contribution >= 4 is 16.7 Å². The Labute approximate surface area is 171 Å². The number of aliphatic hydroxyl groups excluding tert-OH is 1. The molecule has 0 amide bonds. The van der Waals surface area contributed by atoms with Crippen LogP contribution in [0.5, 0.6) is 0 Å². The van der Waals surface area contributed by atoms with Gasteiger partial charge in [0, 0.05) is 29.6 Å². The largest absolute Gasteiger partial charge is 0.595 e. The van der Waals surface area contributed by atoms with Crippen LogP contribution in [0, 0.1) is 5.21 Å². The van der Waals surface area contributed by atoms with Gasteiger partial charge in [-0.25, -0.2) is 5.21 Å². The van der Waals surface area contributed by atoms with E-state index in [9.17, 15) is 15.5 Å². The SMILES string of the molecule is [O-][NH+](O)c1cccc(-c2noc([C@@H]3C[C@@H](O)CN3Cc3cc4ccccc4o3)n2)c1. The van der Waals surface area contributed by atoms with Crippen molar-refractivity contribution in [3.63, 3.8) is 0 Å². The molecule has 0 aliphatic carbocycles. The Bertz CT molecular complexity index is 1140. The minimum absolute atomic E-state index is 0.154. The summed E-state index contributed by atoms with van der Waals surface area (Å²) in [6.45, 7) is 0.969. The number of hydrogen-bond acceptors (Lipinski definition) is 8. The molecule has 2 aromatic heterocycles. The number of hydrogen-bond donors (Lipinski definition) is 3. The third-order valence-electron chi connectivity index (χ3n) is 5.31. The molecule has 1 aliphatic rings. The fourth-order valence-corrected chi connectivity index (χ4v) is 3.91. The van der Waals surface area contributed by atoms with Crippen molar-refractivity contribution in [2.45, 2.75) is 25.1 Å². The number of aliphatic hydroxyl groups is 1. The van der Waals surface area contributed by atoms with Gasteiger partial charge in [-0.1, -0.05) is 35.5 Å². The van der Waals surface area contributed by atoms with Crippen molar-refractivity contribution in [3.8, 4) is 11.4 Å². The summed E-state index contributed by atoms with van der Waals surface area (Å²) in [6, 6.07) is 15.9. The molecule has 0 saturated carbocycles. The minimum atomic E-state index is -1.02. The lowest BCUT2D eigenvalue weighted by molar-refractivity contribution is -0.991. The molecule has 5 rings (SSSR count). The number of rotatable bonds is 5. The second-order valence-corrected chi connectivity index (χ2v) is 7.43. The molecule has 1 fully saturated rings.